The van der Waals surface area contributed by atoms with Gasteiger partial charge >= 0.3 is 12.1 Å². The molecule has 1 fully saturated rings. The maximum atomic E-state index is 14.1. The normalized spacial score (nSPS) is 16.3. The summed E-state index contributed by atoms with van der Waals surface area (Å²) in [6.07, 6.45) is -4.23. The number of hydrogen-bond donors (Lipinski definition) is 0. The molecule has 1 aliphatic heterocycles. The largest absolute Gasteiger partial charge is 0.464 e. The molecule has 0 saturated carbocycles. The molecular formula is C20H18F4N2O5. The molecule has 0 aromatic heterocycles. The molecule has 0 unspecified atom stereocenters. The molecule has 0 N–H and O–H groups in total. The number of carbonyl (C=O) groups is 1. The first-order valence-corrected chi connectivity index (χ1v) is 9.30. The number of rotatable bonds is 6. The third kappa shape index (κ3) is 4.86. The number of alkyl halides is 3. The summed E-state index contributed by atoms with van der Waals surface area (Å²) < 4.78 is 66.5. The van der Waals surface area contributed by atoms with E-state index in [9.17, 15) is 32.5 Å². The molecular weight excluding hydrogens is 424 g/mol. The van der Waals surface area contributed by atoms with Crippen LogP contribution in [0.1, 0.15) is 25.3 Å². The fraction of sp³-hybridized carbons (Fsp3) is 0.350. The van der Waals surface area contributed by atoms with Crippen LogP contribution < -0.4 is 9.64 Å². The summed E-state index contributed by atoms with van der Waals surface area (Å²) in [5, 5.41) is 11.6. The number of benzene rings is 2. The molecule has 166 valence electrons. The lowest BCUT2D eigenvalue weighted by molar-refractivity contribution is -0.384. The standard InChI is InChI=1S/C20H18F4N2O5/c1-12(27)30-11-13-5-4-10-25(13)19-15(26(28)29)8-9-17(18(19)20(22,23)24)31-16-7-3-2-6-14(16)21/h2-3,6-9,13H,4-5,10-11H2,1H3/t13-/m1/s1. The van der Waals surface area contributed by atoms with E-state index in [1.807, 2.05) is 0 Å². The molecule has 11 heteroatoms. The number of halogens is 4. The van der Waals surface area contributed by atoms with Crippen molar-refractivity contribution in [2.75, 3.05) is 18.1 Å². The van der Waals surface area contributed by atoms with Crippen LogP contribution >= 0.6 is 0 Å². The van der Waals surface area contributed by atoms with E-state index in [0.29, 0.717) is 12.8 Å². The second-order valence-electron chi connectivity index (χ2n) is 6.89. The van der Waals surface area contributed by atoms with Gasteiger partial charge in [0.1, 0.15) is 23.6 Å². The first-order valence-electron chi connectivity index (χ1n) is 9.30. The van der Waals surface area contributed by atoms with E-state index >= 15 is 0 Å². The summed E-state index contributed by atoms with van der Waals surface area (Å²) in [6.45, 7) is 1.02. The Labute approximate surface area is 174 Å². The van der Waals surface area contributed by atoms with Crippen molar-refractivity contribution in [3.05, 3.63) is 57.9 Å². The molecule has 0 spiro atoms. The van der Waals surface area contributed by atoms with Gasteiger partial charge in [-0.3, -0.25) is 14.9 Å². The zero-order chi connectivity index (χ0) is 22.8. The van der Waals surface area contributed by atoms with Crippen molar-refractivity contribution in [3.8, 4) is 11.5 Å². The molecule has 3 rings (SSSR count). The molecule has 1 saturated heterocycles. The van der Waals surface area contributed by atoms with Gasteiger partial charge in [0.05, 0.1) is 11.0 Å². The van der Waals surface area contributed by atoms with Gasteiger partial charge in [0.2, 0.25) is 0 Å². The van der Waals surface area contributed by atoms with Gasteiger partial charge in [-0.25, -0.2) is 4.39 Å². The summed E-state index contributed by atoms with van der Waals surface area (Å²) in [7, 11) is 0. The third-order valence-corrected chi connectivity index (χ3v) is 4.80. The van der Waals surface area contributed by atoms with Gasteiger partial charge < -0.3 is 14.4 Å². The van der Waals surface area contributed by atoms with Crippen molar-refractivity contribution in [2.24, 2.45) is 0 Å². The van der Waals surface area contributed by atoms with Crippen molar-refractivity contribution in [1.82, 2.24) is 0 Å². The number of carbonyl (C=O) groups excluding carboxylic acids is 1. The van der Waals surface area contributed by atoms with Crippen molar-refractivity contribution in [2.45, 2.75) is 32.0 Å². The smallest absolute Gasteiger partial charge is 0.422 e. The predicted octanol–water partition coefficient (Wildman–Crippen LogP) is 5.08. The molecule has 1 heterocycles. The fourth-order valence-electron chi connectivity index (χ4n) is 3.52. The maximum absolute atomic E-state index is 14.1. The van der Waals surface area contributed by atoms with Crippen molar-refractivity contribution in [1.29, 1.82) is 0 Å². The van der Waals surface area contributed by atoms with E-state index in [0.717, 1.165) is 31.2 Å². The average molecular weight is 442 g/mol. The number of esters is 1. The lowest BCUT2D eigenvalue weighted by Gasteiger charge is -2.29. The Morgan fingerprint density at radius 2 is 1.94 bits per heavy atom. The van der Waals surface area contributed by atoms with E-state index in [4.69, 9.17) is 9.47 Å². The van der Waals surface area contributed by atoms with E-state index in [1.165, 1.54) is 17.0 Å². The van der Waals surface area contributed by atoms with Gasteiger partial charge in [0.15, 0.2) is 11.6 Å². The van der Waals surface area contributed by atoms with Crippen molar-refractivity contribution in [3.63, 3.8) is 0 Å². The number of para-hydroxylation sites is 1. The van der Waals surface area contributed by atoms with Crippen LogP contribution in [0.5, 0.6) is 11.5 Å². The summed E-state index contributed by atoms with van der Waals surface area (Å²) in [6, 6.07) is 5.90. The monoisotopic (exact) mass is 442 g/mol. The van der Waals surface area contributed by atoms with Gasteiger partial charge in [-0.05, 0) is 31.0 Å². The van der Waals surface area contributed by atoms with Gasteiger partial charge in [-0.15, -0.1) is 0 Å². The molecule has 0 bridgehead atoms. The molecule has 1 atom stereocenters. The van der Waals surface area contributed by atoms with Crippen LogP contribution in [0.15, 0.2) is 36.4 Å². The first-order chi connectivity index (χ1) is 14.6. The summed E-state index contributed by atoms with van der Waals surface area (Å²) in [4.78, 5) is 23.0. The number of nitro groups is 1. The lowest BCUT2D eigenvalue weighted by atomic mass is 10.1. The molecule has 7 nitrogen and oxygen atoms in total. The predicted molar refractivity (Wildman–Crippen MR) is 102 cm³/mol. The molecule has 31 heavy (non-hydrogen) atoms. The minimum absolute atomic E-state index is 0.0823. The highest BCUT2D eigenvalue weighted by Gasteiger charge is 2.45. The minimum Gasteiger partial charge on any atom is -0.464 e. The molecule has 0 radical (unpaired) electrons. The van der Waals surface area contributed by atoms with E-state index in [2.05, 4.69) is 0 Å². The van der Waals surface area contributed by atoms with Crippen molar-refractivity contribution < 1.29 is 36.8 Å². The van der Waals surface area contributed by atoms with Crippen LogP contribution in [0.4, 0.5) is 28.9 Å². The third-order valence-electron chi connectivity index (χ3n) is 4.80. The van der Waals surface area contributed by atoms with Crippen LogP contribution in [0.2, 0.25) is 0 Å². The highest BCUT2D eigenvalue weighted by molar-refractivity contribution is 5.74. The molecule has 0 amide bonds. The Morgan fingerprint density at radius 1 is 1.23 bits per heavy atom. The van der Waals surface area contributed by atoms with Gasteiger partial charge in [-0.1, -0.05) is 12.1 Å². The molecule has 2 aromatic rings. The SMILES string of the molecule is CC(=O)OC[C@H]1CCCN1c1c([N+](=O)[O-])ccc(Oc2ccccc2F)c1C(F)(F)F. The van der Waals surface area contributed by atoms with Gasteiger partial charge in [0, 0.05) is 19.5 Å². The van der Waals surface area contributed by atoms with Crippen LogP contribution in [0, 0.1) is 15.9 Å². The summed E-state index contributed by atoms with van der Waals surface area (Å²) in [5.41, 5.74) is -2.86. The number of nitrogens with zero attached hydrogens (tertiary/aromatic N) is 2. The average Bonchev–Trinajstić information content (AvgIpc) is 3.15. The fourth-order valence-corrected chi connectivity index (χ4v) is 3.52. The van der Waals surface area contributed by atoms with Crippen LogP contribution in [0.25, 0.3) is 0 Å². The number of anilines is 1. The number of ether oxygens (including phenoxy) is 2. The second kappa shape index (κ2) is 8.78. The molecule has 0 aliphatic carbocycles. The van der Waals surface area contributed by atoms with Crippen LogP contribution in [-0.4, -0.2) is 30.1 Å². The minimum atomic E-state index is -5.05. The first kappa shape index (κ1) is 22.3. The lowest BCUT2D eigenvalue weighted by Crippen LogP contribution is -2.35. The summed E-state index contributed by atoms with van der Waals surface area (Å²) >= 11 is 0. The topological polar surface area (TPSA) is 81.9 Å². The summed E-state index contributed by atoms with van der Waals surface area (Å²) in [5.74, 6) is -2.72. The van der Waals surface area contributed by atoms with E-state index < -0.39 is 57.4 Å². The highest BCUT2D eigenvalue weighted by atomic mass is 19.4. The number of hydrogen-bond acceptors (Lipinski definition) is 6. The second-order valence-corrected chi connectivity index (χ2v) is 6.89. The van der Waals surface area contributed by atoms with Gasteiger partial charge in [-0.2, -0.15) is 13.2 Å². The Balaban J connectivity index is 2.16. The highest BCUT2D eigenvalue weighted by Crippen LogP contribution is 2.49. The van der Waals surface area contributed by atoms with Crippen molar-refractivity contribution >= 4 is 17.3 Å². The Bertz CT molecular complexity index is 996. The van der Waals surface area contributed by atoms with Crippen LogP contribution in [0.3, 0.4) is 0 Å². The maximum Gasteiger partial charge on any atom is 0.422 e. The quantitative estimate of drug-likeness (QED) is 0.269. The Kier molecular flexibility index (Phi) is 6.32. The number of nitro benzene ring substituents is 1. The van der Waals surface area contributed by atoms with Crippen LogP contribution in [-0.2, 0) is 15.7 Å². The molecule has 1 aliphatic rings. The van der Waals surface area contributed by atoms with E-state index in [-0.39, 0.29) is 13.2 Å². The molecule has 2 aromatic carbocycles. The Morgan fingerprint density at radius 3 is 2.55 bits per heavy atom. The Hall–Kier alpha value is -3.37. The van der Waals surface area contributed by atoms with E-state index in [1.54, 1.807) is 0 Å². The van der Waals surface area contributed by atoms with Gasteiger partial charge in [0.25, 0.3) is 5.69 Å². The zero-order valence-corrected chi connectivity index (χ0v) is 16.3. The zero-order valence-electron chi connectivity index (χ0n) is 16.3.